The molecule has 1 amide bonds. The van der Waals surface area contributed by atoms with Crippen LogP contribution in [-0.2, 0) is 0 Å². The van der Waals surface area contributed by atoms with Crippen LogP contribution < -0.4 is 15.0 Å². The van der Waals surface area contributed by atoms with Crippen LogP contribution in [0.4, 0.5) is 4.79 Å². The largest absolute Gasteiger partial charge is 0.458 e. The summed E-state index contributed by atoms with van der Waals surface area (Å²) >= 11 is 1.33. The van der Waals surface area contributed by atoms with Crippen molar-refractivity contribution in [1.82, 2.24) is 19.9 Å². The van der Waals surface area contributed by atoms with Gasteiger partial charge in [0.2, 0.25) is 0 Å². The molecule has 150 valence electrons. The molecule has 3 aromatic rings. The molecule has 8 nitrogen and oxygen atoms in total. The topological polar surface area (TPSA) is 97.4 Å². The molecule has 3 heterocycles. The summed E-state index contributed by atoms with van der Waals surface area (Å²) < 4.78 is 11.3. The van der Waals surface area contributed by atoms with Gasteiger partial charge in [0.1, 0.15) is 16.4 Å². The highest BCUT2D eigenvalue weighted by Crippen LogP contribution is 2.39. The van der Waals surface area contributed by atoms with Crippen molar-refractivity contribution in [3.05, 3.63) is 45.7 Å². The Bertz CT molecular complexity index is 1120. The number of carbonyl (C=O) groups is 1. The minimum absolute atomic E-state index is 0.226. The Kier molecular flexibility index (Phi) is 4.27. The lowest BCUT2D eigenvalue weighted by Crippen LogP contribution is -2.33. The second-order valence-corrected chi connectivity index (χ2v) is 8.67. The second kappa shape index (κ2) is 6.84. The number of aromatic amines is 1. The molecule has 0 radical (unpaired) electrons. The van der Waals surface area contributed by atoms with Gasteiger partial charge in [-0.3, -0.25) is 14.7 Å². The van der Waals surface area contributed by atoms with E-state index in [1.54, 1.807) is 17.0 Å². The minimum atomic E-state index is -0.412. The number of aromatic nitrogens is 3. The molecule has 1 aromatic carbocycles. The Morgan fingerprint density at radius 3 is 2.83 bits per heavy atom. The lowest BCUT2D eigenvalue weighted by Gasteiger charge is -2.22. The molecule has 5 rings (SSSR count). The van der Waals surface area contributed by atoms with E-state index in [1.165, 1.54) is 11.3 Å². The Morgan fingerprint density at radius 2 is 2.07 bits per heavy atom. The number of para-hydroxylation sites is 1. The number of likely N-dealkylation sites (tertiary alicyclic amines) is 1. The van der Waals surface area contributed by atoms with Crippen molar-refractivity contribution in [1.29, 1.82) is 0 Å². The summed E-state index contributed by atoms with van der Waals surface area (Å²) in [7, 11) is 0. The maximum Gasteiger partial charge on any atom is 0.415 e. The van der Waals surface area contributed by atoms with Crippen LogP contribution in [0.5, 0.6) is 11.8 Å². The zero-order valence-corrected chi connectivity index (χ0v) is 16.7. The van der Waals surface area contributed by atoms with Crippen LogP contribution in [0, 0.1) is 0 Å². The summed E-state index contributed by atoms with van der Waals surface area (Å²) in [6, 6.07) is 8.98. The number of thiazole rings is 1. The van der Waals surface area contributed by atoms with Gasteiger partial charge in [-0.1, -0.05) is 29.5 Å². The molecule has 1 atom stereocenters. The van der Waals surface area contributed by atoms with Gasteiger partial charge in [0, 0.05) is 6.54 Å². The zero-order chi connectivity index (χ0) is 20.0. The minimum Gasteiger partial charge on any atom is -0.458 e. The number of nitrogens with one attached hydrogen (secondary N) is 1. The molecular formula is C20H20N4O4S. The van der Waals surface area contributed by atoms with Gasteiger partial charge in [0.15, 0.2) is 10.3 Å². The SMILES string of the molecule is CC1(Oc2nc3sc(C4CCCN4C(=O)Oc4ccccc4)nc3c(=O)[nH]2)CC1. The maximum absolute atomic E-state index is 12.7. The third kappa shape index (κ3) is 3.57. The Labute approximate surface area is 170 Å². The lowest BCUT2D eigenvalue weighted by atomic mass is 10.2. The van der Waals surface area contributed by atoms with Gasteiger partial charge < -0.3 is 9.47 Å². The molecule has 0 spiro atoms. The number of rotatable bonds is 4. The van der Waals surface area contributed by atoms with Crippen molar-refractivity contribution in [2.75, 3.05) is 6.54 Å². The van der Waals surface area contributed by atoms with Gasteiger partial charge in [0.25, 0.3) is 11.6 Å². The first-order valence-corrected chi connectivity index (χ1v) is 10.5. The first kappa shape index (κ1) is 18.1. The molecule has 29 heavy (non-hydrogen) atoms. The van der Waals surface area contributed by atoms with Crippen molar-refractivity contribution in [2.45, 2.75) is 44.2 Å². The van der Waals surface area contributed by atoms with Crippen molar-refractivity contribution in [3.8, 4) is 11.8 Å². The highest BCUT2D eigenvalue weighted by atomic mass is 32.1. The first-order valence-electron chi connectivity index (χ1n) is 9.64. The van der Waals surface area contributed by atoms with Gasteiger partial charge in [-0.2, -0.15) is 4.98 Å². The highest BCUT2D eigenvalue weighted by Gasteiger charge is 2.41. The highest BCUT2D eigenvalue weighted by molar-refractivity contribution is 7.18. The summed E-state index contributed by atoms with van der Waals surface area (Å²) in [5.41, 5.74) is -0.282. The average molecular weight is 412 g/mol. The van der Waals surface area contributed by atoms with E-state index >= 15 is 0 Å². The molecule has 1 saturated heterocycles. The number of nitrogens with zero attached hydrogens (tertiary/aromatic N) is 3. The Hall–Kier alpha value is -2.94. The standard InChI is InChI=1S/C20H20N4O4S/c1-20(9-10-20)28-18-22-15(25)14-17(23-18)29-16(21-14)13-8-5-11-24(13)19(26)27-12-6-3-2-4-7-12/h2-4,6-7,13H,5,8-11H2,1H3,(H,22,23,25). The van der Waals surface area contributed by atoms with Crippen molar-refractivity contribution in [3.63, 3.8) is 0 Å². The van der Waals surface area contributed by atoms with E-state index in [9.17, 15) is 9.59 Å². The van der Waals surface area contributed by atoms with Crippen LogP contribution in [0.15, 0.2) is 35.1 Å². The number of benzene rings is 1. The molecule has 2 fully saturated rings. The maximum atomic E-state index is 12.7. The Balaban J connectivity index is 1.41. The molecule has 1 saturated carbocycles. The molecule has 1 N–H and O–H groups in total. The smallest absolute Gasteiger partial charge is 0.415 e. The number of ether oxygens (including phenoxy) is 2. The fraction of sp³-hybridized carbons (Fsp3) is 0.400. The van der Waals surface area contributed by atoms with Crippen molar-refractivity contribution in [2.24, 2.45) is 0 Å². The summed E-state index contributed by atoms with van der Waals surface area (Å²) in [6.07, 6.45) is 3.10. The van der Waals surface area contributed by atoms with E-state index in [0.717, 1.165) is 25.7 Å². The van der Waals surface area contributed by atoms with E-state index in [2.05, 4.69) is 15.0 Å². The number of fused-ring (bicyclic) bond motifs is 1. The summed E-state index contributed by atoms with van der Waals surface area (Å²) in [5.74, 6) is 0.501. The van der Waals surface area contributed by atoms with Crippen LogP contribution in [0.1, 0.15) is 43.7 Å². The number of carbonyl (C=O) groups excluding carboxylic acids is 1. The number of H-pyrrole nitrogens is 1. The van der Waals surface area contributed by atoms with Gasteiger partial charge in [0.05, 0.1) is 6.04 Å². The van der Waals surface area contributed by atoms with Crippen LogP contribution >= 0.6 is 11.3 Å². The van der Waals surface area contributed by atoms with E-state index in [1.807, 2.05) is 25.1 Å². The van der Waals surface area contributed by atoms with Gasteiger partial charge in [-0.25, -0.2) is 9.78 Å². The second-order valence-electron chi connectivity index (χ2n) is 7.66. The van der Waals surface area contributed by atoms with Crippen molar-refractivity contribution >= 4 is 27.8 Å². The normalized spacial score (nSPS) is 20.0. The van der Waals surface area contributed by atoms with E-state index < -0.39 is 6.09 Å². The van der Waals surface area contributed by atoms with Crippen LogP contribution in [-0.4, -0.2) is 38.1 Å². The fourth-order valence-corrected chi connectivity index (χ4v) is 4.50. The molecule has 1 aliphatic heterocycles. The molecule has 0 bridgehead atoms. The van der Waals surface area contributed by atoms with Crippen LogP contribution in [0.2, 0.25) is 0 Å². The van der Waals surface area contributed by atoms with Crippen LogP contribution in [0.25, 0.3) is 10.3 Å². The quantitative estimate of drug-likeness (QED) is 0.703. The summed E-state index contributed by atoms with van der Waals surface area (Å²) in [4.78, 5) is 38.9. The fourth-order valence-electron chi connectivity index (χ4n) is 3.42. The summed E-state index contributed by atoms with van der Waals surface area (Å²) in [5, 5.41) is 0.690. The summed E-state index contributed by atoms with van der Waals surface area (Å²) in [6.45, 7) is 2.58. The van der Waals surface area contributed by atoms with E-state index in [0.29, 0.717) is 22.1 Å². The molecule has 1 aliphatic carbocycles. The third-order valence-corrected chi connectivity index (χ3v) is 6.33. The first-order chi connectivity index (χ1) is 14.0. The average Bonchev–Trinajstić information content (AvgIpc) is 3.11. The van der Waals surface area contributed by atoms with E-state index in [4.69, 9.17) is 9.47 Å². The Morgan fingerprint density at radius 1 is 1.28 bits per heavy atom. The number of hydrogen-bond acceptors (Lipinski definition) is 7. The monoisotopic (exact) mass is 412 g/mol. The van der Waals surface area contributed by atoms with Crippen molar-refractivity contribution < 1.29 is 14.3 Å². The third-order valence-electron chi connectivity index (χ3n) is 5.28. The number of amides is 1. The van der Waals surface area contributed by atoms with Gasteiger partial charge >= 0.3 is 6.09 Å². The number of hydrogen-bond donors (Lipinski definition) is 1. The van der Waals surface area contributed by atoms with Gasteiger partial charge in [-0.05, 0) is 44.7 Å². The molecule has 9 heteroatoms. The molecular weight excluding hydrogens is 392 g/mol. The van der Waals surface area contributed by atoms with Gasteiger partial charge in [-0.15, -0.1) is 0 Å². The zero-order valence-electron chi connectivity index (χ0n) is 15.9. The van der Waals surface area contributed by atoms with E-state index in [-0.39, 0.29) is 28.7 Å². The molecule has 2 aliphatic rings. The van der Waals surface area contributed by atoms with Crippen LogP contribution in [0.3, 0.4) is 0 Å². The molecule has 2 aromatic heterocycles. The lowest BCUT2D eigenvalue weighted by molar-refractivity contribution is 0.147. The molecule has 1 unspecified atom stereocenters. The predicted octanol–water partition coefficient (Wildman–Crippen LogP) is 3.65. The predicted molar refractivity (Wildman–Crippen MR) is 107 cm³/mol.